The van der Waals surface area contributed by atoms with Crippen LogP contribution in [-0.2, 0) is 0 Å². The molecule has 1 aromatic heterocycles. The highest BCUT2D eigenvalue weighted by atomic mass is 35.5. The summed E-state index contributed by atoms with van der Waals surface area (Å²) in [5, 5.41) is 0. The molecular weight excluding hydrogens is 256 g/mol. The lowest BCUT2D eigenvalue weighted by Gasteiger charge is -2.36. The maximum absolute atomic E-state index is 12.2. The zero-order valence-electron chi connectivity index (χ0n) is 9.86. The first-order valence-electron chi connectivity index (χ1n) is 5.92. The van der Waals surface area contributed by atoms with Crippen LogP contribution in [0, 0.1) is 5.92 Å². The smallest absolute Gasteiger partial charge is 0.263 e. The fraction of sp³-hybridized carbons (Fsp3) is 0.583. The first-order chi connectivity index (χ1) is 8.11. The van der Waals surface area contributed by atoms with Gasteiger partial charge in [0, 0.05) is 19.1 Å². The molecular formula is C12H17ClN2OS. The Hall–Kier alpha value is -0.580. The Labute approximate surface area is 111 Å². The van der Waals surface area contributed by atoms with Crippen molar-refractivity contribution in [2.75, 3.05) is 13.1 Å². The third kappa shape index (κ3) is 2.81. The number of amides is 1. The zero-order valence-corrected chi connectivity index (χ0v) is 11.4. The van der Waals surface area contributed by atoms with Gasteiger partial charge in [0.25, 0.3) is 5.91 Å². The average Bonchev–Trinajstić information content (AvgIpc) is 2.75. The van der Waals surface area contributed by atoms with E-state index in [-0.39, 0.29) is 11.9 Å². The van der Waals surface area contributed by atoms with Crippen LogP contribution in [-0.4, -0.2) is 29.9 Å². The number of carbonyl (C=O) groups is 1. The number of nitrogens with zero attached hydrogens (tertiary/aromatic N) is 1. The summed E-state index contributed by atoms with van der Waals surface area (Å²) in [5.74, 6) is 0.510. The summed E-state index contributed by atoms with van der Waals surface area (Å²) in [7, 11) is 0. The van der Waals surface area contributed by atoms with Crippen molar-refractivity contribution in [2.24, 2.45) is 11.7 Å². The SMILES string of the molecule is CCC1CN(C(=O)c2ccc(Cl)s2)CCC1N. The maximum atomic E-state index is 12.2. The number of hydrogen-bond donors (Lipinski definition) is 1. The van der Waals surface area contributed by atoms with Crippen LogP contribution in [0.15, 0.2) is 12.1 Å². The van der Waals surface area contributed by atoms with Gasteiger partial charge >= 0.3 is 0 Å². The summed E-state index contributed by atoms with van der Waals surface area (Å²) in [6.07, 6.45) is 1.92. The second-order valence-corrected chi connectivity index (χ2v) is 6.19. The molecule has 2 N–H and O–H groups in total. The second-order valence-electron chi connectivity index (χ2n) is 4.48. The van der Waals surface area contributed by atoms with Crippen molar-refractivity contribution >= 4 is 28.8 Å². The molecule has 0 aliphatic carbocycles. The quantitative estimate of drug-likeness (QED) is 0.900. The molecule has 5 heteroatoms. The van der Waals surface area contributed by atoms with Crippen molar-refractivity contribution in [1.82, 2.24) is 4.90 Å². The molecule has 17 heavy (non-hydrogen) atoms. The van der Waals surface area contributed by atoms with Gasteiger partial charge in [-0.3, -0.25) is 4.79 Å². The summed E-state index contributed by atoms with van der Waals surface area (Å²) in [5.41, 5.74) is 6.04. The van der Waals surface area contributed by atoms with E-state index in [2.05, 4.69) is 6.92 Å². The number of likely N-dealkylation sites (tertiary alicyclic amines) is 1. The molecule has 0 spiro atoms. The lowest BCUT2D eigenvalue weighted by molar-refractivity contribution is 0.0654. The molecule has 2 atom stereocenters. The number of nitrogens with two attached hydrogens (primary N) is 1. The highest BCUT2D eigenvalue weighted by Crippen LogP contribution is 2.25. The second kappa shape index (κ2) is 5.38. The highest BCUT2D eigenvalue weighted by Gasteiger charge is 2.29. The fourth-order valence-electron chi connectivity index (χ4n) is 2.25. The Bertz CT molecular complexity index is 407. The fourth-order valence-corrected chi connectivity index (χ4v) is 3.26. The molecule has 2 unspecified atom stereocenters. The van der Waals surface area contributed by atoms with E-state index in [0.717, 1.165) is 30.8 Å². The molecule has 1 saturated heterocycles. The van der Waals surface area contributed by atoms with Crippen LogP contribution in [0.4, 0.5) is 0 Å². The molecule has 1 aliphatic heterocycles. The van der Waals surface area contributed by atoms with E-state index in [0.29, 0.717) is 10.3 Å². The van der Waals surface area contributed by atoms with Gasteiger partial charge in [-0.2, -0.15) is 0 Å². The van der Waals surface area contributed by atoms with Crippen LogP contribution in [0.25, 0.3) is 0 Å². The number of piperidine rings is 1. The number of thiophene rings is 1. The molecule has 1 amide bonds. The molecule has 1 aliphatic rings. The van der Waals surface area contributed by atoms with Crippen LogP contribution in [0.5, 0.6) is 0 Å². The predicted octanol–water partition coefficient (Wildman–Crippen LogP) is 2.60. The average molecular weight is 273 g/mol. The van der Waals surface area contributed by atoms with Crippen molar-refractivity contribution in [2.45, 2.75) is 25.8 Å². The van der Waals surface area contributed by atoms with Gasteiger partial charge in [-0.25, -0.2) is 0 Å². The van der Waals surface area contributed by atoms with Crippen LogP contribution >= 0.6 is 22.9 Å². The summed E-state index contributed by atoms with van der Waals surface area (Å²) >= 11 is 7.19. The van der Waals surface area contributed by atoms with Crippen molar-refractivity contribution in [3.05, 3.63) is 21.3 Å². The van der Waals surface area contributed by atoms with E-state index in [1.54, 1.807) is 12.1 Å². The highest BCUT2D eigenvalue weighted by molar-refractivity contribution is 7.17. The van der Waals surface area contributed by atoms with Crippen LogP contribution in [0.1, 0.15) is 29.4 Å². The molecule has 0 radical (unpaired) electrons. The molecule has 3 nitrogen and oxygen atoms in total. The Morgan fingerprint density at radius 1 is 1.65 bits per heavy atom. The van der Waals surface area contributed by atoms with Gasteiger partial charge in [0.1, 0.15) is 0 Å². The third-order valence-corrected chi connectivity index (χ3v) is 4.61. The lowest BCUT2D eigenvalue weighted by atomic mass is 9.90. The number of carbonyl (C=O) groups excluding carboxylic acids is 1. The van der Waals surface area contributed by atoms with Crippen LogP contribution in [0.2, 0.25) is 4.34 Å². The minimum atomic E-state index is 0.0900. The zero-order chi connectivity index (χ0) is 12.4. The van der Waals surface area contributed by atoms with Gasteiger partial charge in [-0.15, -0.1) is 11.3 Å². The molecule has 0 aromatic carbocycles. The minimum Gasteiger partial charge on any atom is -0.338 e. The van der Waals surface area contributed by atoms with Crippen LogP contribution < -0.4 is 5.73 Å². The molecule has 2 heterocycles. The molecule has 1 fully saturated rings. The standard InChI is InChI=1S/C12H17ClN2OS/c1-2-8-7-15(6-5-9(8)14)12(16)10-3-4-11(13)17-10/h3-4,8-9H,2,5-7,14H2,1H3. The Morgan fingerprint density at radius 3 is 3.00 bits per heavy atom. The molecule has 0 bridgehead atoms. The summed E-state index contributed by atoms with van der Waals surface area (Å²) in [6.45, 7) is 3.65. The van der Waals surface area contributed by atoms with Gasteiger partial charge in [0.2, 0.25) is 0 Å². The number of halogens is 1. The van der Waals surface area contributed by atoms with Gasteiger partial charge in [-0.05, 0) is 24.5 Å². The molecule has 1 aromatic rings. The van der Waals surface area contributed by atoms with E-state index in [4.69, 9.17) is 17.3 Å². The van der Waals surface area contributed by atoms with Crippen molar-refractivity contribution in [1.29, 1.82) is 0 Å². The van der Waals surface area contributed by atoms with E-state index in [1.807, 2.05) is 4.90 Å². The topological polar surface area (TPSA) is 46.3 Å². The van der Waals surface area contributed by atoms with E-state index in [9.17, 15) is 4.79 Å². The van der Waals surface area contributed by atoms with Gasteiger partial charge < -0.3 is 10.6 Å². The molecule has 0 saturated carbocycles. The summed E-state index contributed by atoms with van der Waals surface area (Å²) in [6, 6.07) is 3.80. The van der Waals surface area contributed by atoms with E-state index in [1.165, 1.54) is 11.3 Å². The van der Waals surface area contributed by atoms with Gasteiger partial charge in [-0.1, -0.05) is 24.9 Å². The third-order valence-electron chi connectivity index (χ3n) is 3.39. The first-order valence-corrected chi connectivity index (χ1v) is 7.11. The van der Waals surface area contributed by atoms with Crippen LogP contribution in [0.3, 0.4) is 0 Å². The molecule has 2 rings (SSSR count). The van der Waals surface area contributed by atoms with Crippen molar-refractivity contribution in [3.8, 4) is 0 Å². The largest absolute Gasteiger partial charge is 0.338 e. The van der Waals surface area contributed by atoms with Crippen molar-refractivity contribution in [3.63, 3.8) is 0 Å². The van der Waals surface area contributed by atoms with Crippen molar-refractivity contribution < 1.29 is 4.79 Å². The summed E-state index contributed by atoms with van der Waals surface area (Å²) in [4.78, 5) is 14.8. The number of rotatable bonds is 2. The normalized spacial score (nSPS) is 25.0. The Balaban J connectivity index is 2.05. The summed E-state index contributed by atoms with van der Waals surface area (Å²) < 4.78 is 0.661. The minimum absolute atomic E-state index is 0.0900. The predicted molar refractivity (Wildman–Crippen MR) is 71.6 cm³/mol. The van der Waals surface area contributed by atoms with Gasteiger partial charge in [0.05, 0.1) is 9.21 Å². The monoisotopic (exact) mass is 272 g/mol. The Morgan fingerprint density at radius 2 is 2.41 bits per heavy atom. The lowest BCUT2D eigenvalue weighted by Crippen LogP contribution is -2.48. The van der Waals surface area contributed by atoms with Gasteiger partial charge in [0.15, 0.2) is 0 Å². The Kier molecular flexibility index (Phi) is 4.07. The van der Waals surface area contributed by atoms with E-state index < -0.39 is 0 Å². The maximum Gasteiger partial charge on any atom is 0.263 e. The molecule has 94 valence electrons. The van der Waals surface area contributed by atoms with E-state index >= 15 is 0 Å². The first kappa shape index (κ1) is 12.9. The number of hydrogen-bond acceptors (Lipinski definition) is 3.